The molecule has 0 spiro atoms. The molecule has 2 rings (SSSR count). The smallest absolute Gasteiger partial charge is 0.133 e. The quantitative estimate of drug-likeness (QED) is 0.634. The Morgan fingerprint density at radius 2 is 2.25 bits per heavy atom. The highest BCUT2D eigenvalue weighted by Gasteiger charge is 1.99. The van der Waals surface area contributed by atoms with Gasteiger partial charge in [-0.1, -0.05) is 0 Å². The van der Waals surface area contributed by atoms with Crippen LogP contribution in [-0.4, -0.2) is 9.97 Å². The van der Waals surface area contributed by atoms with Crippen LogP contribution in [0.1, 0.15) is 5.69 Å². The number of rotatable bonds is 0. The van der Waals surface area contributed by atoms with E-state index in [9.17, 15) is 0 Å². The molecule has 0 saturated carbocycles. The van der Waals surface area contributed by atoms with Gasteiger partial charge in [0.05, 0.1) is 5.52 Å². The molecule has 3 heteroatoms. The number of hydrogen-bond donors (Lipinski definition) is 1. The number of nitrogens with zero attached hydrogens (tertiary/aromatic N) is 2. The molecule has 0 atom stereocenters. The molecule has 2 heterocycles. The van der Waals surface area contributed by atoms with E-state index in [0.29, 0.717) is 5.82 Å². The van der Waals surface area contributed by atoms with Crippen molar-refractivity contribution >= 4 is 16.7 Å². The van der Waals surface area contributed by atoms with Gasteiger partial charge < -0.3 is 5.73 Å². The number of nitrogens with two attached hydrogens (primary N) is 1. The third kappa shape index (κ3) is 0.993. The normalized spacial score (nSPS) is 10.4. The summed E-state index contributed by atoms with van der Waals surface area (Å²) in [5, 5.41) is 0.920. The average Bonchev–Trinajstić information content (AvgIpc) is 2.04. The summed E-state index contributed by atoms with van der Waals surface area (Å²) in [4.78, 5) is 8.32. The monoisotopic (exact) mass is 159 g/mol. The first-order valence-corrected chi connectivity index (χ1v) is 3.75. The summed E-state index contributed by atoms with van der Waals surface area (Å²) < 4.78 is 0. The minimum atomic E-state index is 0.554. The first kappa shape index (κ1) is 7.03. The molecule has 0 radical (unpaired) electrons. The highest BCUT2D eigenvalue weighted by Crippen LogP contribution is 2.16. The van der Waals surface area contributed by atoms with E-state index in [2.05, 4.69) is 9.97 Å². The van der Waals surface area contributed by atoms with Gasteiger partial charge in [-0.25, -0.2) is 4.98 Å². The van der Waals surface area contributed by atoms with Crippen molar-refractivity contribution in [2.45, 2.75) is 6.92 Å². The summed E-state index contributed by atoms with van der Waals surface area (Å²) >= 11 is 0. The fourth-order valence-corrected chi connectivity index (χ4v) is 1.23. The molecule has 12 heavy (non-hydrogen) atoms. The van der Waals surface area contributed by atoms with Crippen LogP contribution in [0.25, 0.3) is 10.9 Å². The fourth-order valence-electron chi connectivity index (χ4n) is 1.23. The van der Waals surface area contributed by atoms with Gasteiger partial charge in [-0.05, 0) is 25.1 Å². The molecule has 2 aromatic heterocycles. The van der Waals surface area contributed by atoms with Crippen molar-refractivity contribution in [1.82, 2.24) is 9.97 Å². The summed E-state index contributed by atoms with van der Waals surface area (Å²) in [6, 6.07) is 5.70. The van der Waals surface area contributed by atoms with Gasteiger partial charge in [0.25, 0.3) is 0 Å². The lowest BCUT2D eigenvalue weighted by molar-refractivity contribution is 1.22. The molecule has 0 saturated heterocycles. The van der Waals surface area contributed by atoms with Gasteiger partial charge in [0.1, 0.15) is 5.82 Å². The van der Waals surface area contributed by atoms with Crippen LogP contribution in [0.4, 0.5) is 5.82 Å². The first-order valence-electron chi connectivity index (χ1n) is 3.75. The third-order valence-corrected chi connectivity index (χ3v) is 1.76. The summed E-state index contributed by atoms with van der Waals surface area (Å²) in [6.07, 6.45) is 1.75. The van der Waals surface area contributed by atoms with Gasteiger partial charge in [0.15, 0.2) is 0 Å². The van der Waals surface area contributed by atoms with Crippen molar-refractivity contribution < 1.29 is 0 Å². The Balaban J connectivity index is 2.89. The van der Waals surface area contributed by atoms with Crippen LogP contribution < -0.4 is 5.73 Å². The average molecular weight is 159 g/mol. The van der Waals surface area contributed by atoms with Crippen LogP contribution >= 0.6 is 0 Å². The van der Waals surface area contributed by atoms with E-state index < -0.39 is 0 Å². The number of aryl methyl sites for hydroxylation is 1. The van der Waals surface area contributed by atoms with Crippen molar-refractivity contribution in [3.05, 3.63) is 30.1 Å². The SMILES string of the molecule is Cc1cc2ncccc2c(N)n1. The van der Waals surface area contributed by atoms with Gasteiger partial charge in [0.2, 0.25) is 0 Å². The number of nitrogen functional groups attached to an aromatic ring is 1. The minimum absolute atomic E-state index is 0.554. The maximum Gasteiger partial charge on any atom is 0.133 e. The van der Waals surface area contributed by atoms with E-state index in [0.717, 1.165) is 16.6 Å². The van der Waals surface area contributed by atoms with Crippen molar-refractivity contribution in [2.24, 2.45) is 0 Å². The van der Waals surface area contributed by atoms with E-state index in [1.807, 2.05) is 25.1 Å². The summed E-state index contributed by atoms with van der Waals surface area (Å²) in [5.41, 5.74) is 7.51. The molecular weight excluding hydrogens is 150 g/mol. The maximum atomic E-state index is 5.71. The second-order valence-corrected chi connectivity index (χ2v) is 2.72. The van der Waals surface area contributed by atoms with Gasteiger partial charge in [-0.2, -0.15) is 0 Å². The highest BCUT2D eigenvalue weighted by molar-refractivity contribution is 5.87. The van der Waals surface area contributed by atoms with Crippen molar-refractivity contribution in [1.29, 1.82) is 0 Å². The lowest BCUT2D eigenvalue weighted by Crippen LogP contribution is -1.94. The first-order chi connectivity index (χ1) is 5.77. The Morgan fingerprint density at radius 3 is 3.08 bits per heavy atom. The molecule has 60 valence electrons. The molecule has 0 amide bonds. The molecule has 3 nitrogen and oxygen atoms in total. The van der Waals surface area contributed by atoms with E-state index >= 15 is 0 Å². The third-order valence-electron chi connectivity index (χ3n) is 1.76. The molecule has 2 aromatic rings. The zero-order chi connectivity index (χ0) is 8.55. The van der Waals surface area contributed by atoms with Crippen molar-refractivity contribution in [3.8, 4) is 0 Å². The lowest BCUT2D eigenvalue weighted by Gasteiger charge is -2.00. The summed E-state index contributed by atoms with van der Waals surface area (Å²) in [7, 11) is 0. The Kier molecular flexibility index (Phi) is 1.43. The molecule has 2 N–H and O–H groups in total. The van der Waals surface area contributed by atoms with Crippen LogP contribution in [0.5, 0.6) is 0 Å². The number of pyridine rings is 2. The number of anilines is 1. The standard InChI is InChI=1S/C9H9N3/c1-6-5-8-7(9(10)12-6)3-2-4-11-8/h2-5H,1H3,(H2,10,12). The molecule has 0 aliphatic heterocycles. The lowest BCUT2D eigenvalue weighted by atomic mass is 10.2. The van der Waals surface area contributed by atoms with Crippen LogP contribution in [0, 0.1) is 6.92 Å². The molecule has 0 fully saturated rings. The van der Waals surface area contributed by atoms with Crippen molar-refractivity contribution in [3.63, 3.8) is 0 Å². The Bertz CT molecular complexity index is 423. The maximum absolute atomic E-state index is 5.71. The molecule has 0 bridgehead atoms. The largest absolute Gasteiger partial charge is 0.383 e. The number of fused-ring (bicyclic) bond motifs is 1. The van der Waals surface area contributed by atoms with Gasteiger partial charge in [0, 0.05) is 17.3 Å². The van der Waals surface area contributed by atoms with Crippen LogP contribution in [0.2, 0.25) is 0 Å². The van der Waals surface area contributed by atoms with Crippen LogP contribution in [-0.2, 0) is 0 Å². The zero-order valence-corrected chi connectivity index (χ0v) is 6.78. The second-order valence-electron chi connectivity index (χ2n) is 2.72. The van der Waals surface area contributed by atoms with Crippen LogP contribution in [0.3, 0.4) is 0 Å². The summed E-state index contributed by atoms with van der Waals surface area (Å²) in [6.45, 7) is 1.91. The van der Waals surface area contributed by atoms with E-state index in [1.165, 1.54) is 0 Å². The Labute approximate surface area is 70.3 Å². The van der Waals surface area contributed by atoms with Crippen molar-refractivity contribution in [2.75, 3.05) is 5.73 Å². The van der Waals surface area contributed by atoms with Gasteiger partial charge >= 0.3 is 0 Å². The Hall–Kier alpha value is -1.64. The van der Waals surface area contributed by atoms with Gasteiger partial charge in [-0.15, -0.1) is 0 Å². The Morgan fingerprint density at radius 1 is 1.42 bits per heavy atom. The second kappa shape index (κ2) is 2.44. The molecule has 0 aliphatic carbocycles. The highest BCUT2D eigenvalue weighted by atomic mass is 14.8. The summed E-state index contributed by atoms with van der Waals surface area (Å²) in [5.74, 6) is 0.554. The topological polar surface area (TPSA) is 51.8 Å². The number of hydrogen-bond acceptors (Lipinski definition) is 3. The molecule has 0 aliphatic rings. The predicted molar refractivity (Wildman–Crippen MR) is 48.7 cm³/mol. The fraction of sp³-hybridized carbons (Fsp3) is 0.111. The van der Waals surface area contributed by atoms with Gasteiger partial charge in [-0.3, -0.25) is 4.98 Å². The minimum Gasteiger partial charge on any atom is -0.383 e. The zero-order valence-electron chi connectivity index (χ0n) is 6.78. The molecular formula is C9H9N3. The van der Waals surface area contributed by atoms with E-state index in [1.54, 1.807) is 6.20 Å². The predicted octanol–water partition coefficient (Wildman–Crippen LogP) is 1.52. The van der Waals surface area contributed by atoms with Crippen LogP contribution in [0.15, 0.2) is 24.4 Å². The number of aromatic nitrogens is 2. The molecule has 0 unspecified atom stereocenters. The van der Waals surface area contributed by atoms with E-state index in [4.69, 9.17) is 5.73 Å². The molecule has 0 aromatic carbocycles. The van der Waals surface area contributed by atoms with E-state index in [-0.39, 0.29) is 0 Å².